The highest BCUT2D eigenvalue weighted by atomic mass is 35.5. The number of benzene rings is 3. The van der Waals surface area contributed by atoms with E-state index in [9.17, 15) is 26.4 Å². The lowest BCUT2D eigenvalue weighted by molar-refractivity contribution is -0.116. The molecule has 0 aliphatic heterocycles. The molecule has 0 saturated heterocycles. The molecule has 0 unspecified atom stereocenters. The zero-order valence-corrected chi connectivity index (χ0v) is 18.5. The summed E-state index contributed by atoms with van der Waals surface area (Å²) in [5, 5.41) is 2.43. The Bertz CT molecular complexity index is 1240. The lowest BCUT2D eigenvalue weighted by Crippen LogP contribution is -2.38. The minimum Gasteiger partial charge on any atom is -0.322 e. The molecular weight excluding hydrogens is 488 g/mol. The number of sulfonamides is 1. The van der Waals surface area contributed by atoms with E-state index < -0.39 is 46.5 Å². The van der Waals surface area contributed by atoms with Gasteiger partial charge in [0, 0.05) is 28.2 Å². The smallest absolute Gasteiger partial charge is 0.243 e. The van der Waals surface area contributed by atoms with Crippen LogP contribution < -0.4 is 5.32 Å². The van der Waals surface area contributed by atoms with E-state index in [1.165, 1.54) is 36.4 Å². The number of nitrogens with one attached hydrogen (secondary N) is 1. The normalized spacial score (nSPS) is 11.6. The zero-order valence-electron chi connectivity index (χ0n) is 16.2. The fourth-order valence-electron chi connectivity index (χ4n) is 2.78. The highest BCUT2D eigenvalue weighted by Crippen LogP contribution is 2.25. The van der Waals surface area contributed by atoms with Gasteiger partial charge in [-0.25, -0.2) is 21.6 Å². The molecule has 11 heteroatoms. The minimum atomic E-state index is -4.32. The third-order valence-electron chi connectivity index (χ3n) is 4.37. The van der Waals surface area contributed by atoms with Crippen LogP contribution in [-0.4, -0.2) is 25.2 Å². The maximum atomic E-state index is 14.3. The quantitative estimate of drug-likeness (QED) is 0.480. The van der Waals surface area contributed by atoms with Gasteiger partial charge in [0.2, 0.25) is 15.9 Å². The number of carbonyl (C=O) groups is 1. The maximum Gasteiger partial charge on any atom is 0.243 e. The molecule has 0 aliphatic carbocycles. The number of rotatable bonds is 7. The van der Waals surface area contributed by atoms with Crippen molar-refractivity contribution in [3.05, 3.63) is 93.7 Å². The van der Waals surface area contributed by atoms with Crippen LogP contribution in [0.3, 0.4) is 0 Å². The molecule has 32 heavy (non-hydrogen) atoms. The number of amides is 1. The Kier molecular flexibility index (Phi) is 7.45. The van der Waals surface area contributed by atoms with E-state index in [1.54, 1.807) is 0 Å². The Morgan fingerprint density at radius 1 is 0.938 bits per heavy atom. The standard InChI is InChI=1S/C21H15Cl2F3N2O3S/c22-13-4-7-15(8-5-13)32(30,31)28(11-16-17(23)2-1-3-18(16)25)12-21(29)27-20-9-6-14(24)10-19(20)26/h1-10H,11-12H2,(H,27,29). The highest BCUT2D eigenvalue weighted by Gasteiger charge is 2.29. The van der Waals surface area contributed by atoms with Crippen LogP contribution in [0.5, 0.6) is 0 Å². The Morgan fingerprint density at radius 2 is 1.62 bits per heavy atom. The van der Waals surface area contributed by atoms with Crippen LogP contribution in [0.4, 0.5) is 18.9 Å². The van der Waals surface area contributed by atoms with Gasteiger partial charge in [0.1, 0.15) is 17.5 Å². The van der Waals surface area contributed by atoms with Gasteiger partial charge in [0.05, 0.1) is 17.1 Å². The fourth-order valence-corrected chi connectivity index (χ4v) is 4.50. The number of halogens is 5. The zero-order chi connectivity index (χ0) is 23.5. The first-order valence-electron chi connectivity index (χ1n) is 9.01. The molecule has 1 amide bonds. The maximum absolute atomic E-state index is 14.3. The number of carbonyl (C=O) groups excluding carboxylic acids is 1. The van der Waals surface area contributed by atoms with Gasteiger partial charge in [0.25, 0.3) is 0 Å². The van der Waals surface area contributed by atoms with Crippen molar-refractivity contribution >= 4 is 44.8 Å². The van der Waals surface area contributed by atoms with E-state index in [1.807, 2.05) is 0 Å². The summed E-state index contributed by atoms with van der Waals surface area (Å²) in [6.07, 6.45) is 0. The van der Waals surface area contributed by atoms with E-state index in [0.717, 1.165) is 18.2 Å². The van der Waals surface area contributed by atoms with Gasteiger partial charge in [0.15, 0.2) is 0 Å². The molecule has 0 heterocycles. The van der Waals surface area contributed by atoms with Crippen molar-refractivity contribution in [2.75, 3.05) is 11.9 Å². The topological polar surface area (TPSA) is 66.5 Å². The monoisotopic (exact) mass is 502 g/mol. The van der Waals surface area contributed by atoms with Crippen molar-refractivity contribution in [1.82, 2.24) is 4.31 Å². The number of hydrogen-bond donors (Lipinski definition) is 1. The van der Waals surface area contributed by atoms with Crippen molar-refractivity contribution < 1.29 is 26.4 Å². The van der Waals surface area contributed by atoms with Crippen LogP contribution in [0.1, 0.15) is 5.56 Å². The molecule has 3 rings (SSSR count). The minimum absolute atomic E-state index is 0.0358. The van der Waals surface area contributed by atoms with Gasteiger partial charge >= 0.3 is 0 Å². The highest BCUT2D eigenvalue weighted by molar-refractivity contribution is 7.89. The van der Waals surface area contributed by atoms with E-state index in [4.69, 9.17) is 23.2 Å². The van der Waals surface area contributed by atoms with Crippen LogP contribution in [-0.2, 0) is 21.4 Å². The predicted molar refractivity (Wildman–Crippen MR) is 115 cm³/mol. The van der Waals surface area contributed by atoms with Crippen LogP contribution in [0, 0.1) is 17.5 Å². The Balaban J connectivity index is 1.94. The lowest BCUT2D eigenvalue weighted by Gasteiger charge is -2.23. The van der Waals surface area contributed by atoms with Crippen LogP contribution in [0.25, 0.3) is 0 Å². The van der Waals surface area contributed by atoms with Gasteiger partial charge in [-0.1, -0.05) is 29.3 Å². The summed E-state index contributed by atoms with van der Waals surface area (Å²) in [4.78, 5) is 12.3. The van der Waals surface area contributed by atoms with Gasteiger partial charge in [-0.3, -0.25) is 4.79 Å². The molecule has 168 valence electrons. The molecule has 0 spiro atoms. The van der Waals surface area contributed by atoms with E-state index in [0.29, 0.717) is 10.4 Å². The summed E-state index contributed by atoms with van der Waals surface area (Å²) < 4.78 is 68.3. The molecule has 0 aromatic heterocycles. The van der Waals surface area contributed by atoms with Crippen molar-refractivity contribution in [1.29, 1.82) is 0 Å². The molecule has 3 aromatic carbocycles. The summed E-state index contributed by atoms with van der Waals surface area (Å²) >= 11 is 11.8. The van der Waals surface area contributed by atoms with Crippen molar-refractivity contribution in [2.45, 2.75) is 11.4 Å². The molecule has 1 N–H and O–H groups in total. The molecular formula is C21H15Cl2F3N2O3S. The summed E-state index contributed by atoms with van der Waals surface area (Å²) in [7, 11) is -4.32. The predicted octanol–water partition coefficient (Wildman–Crippen LogP) is 5.24. The van der Waals surface area contributed by atoms with Crippen LogP contribution >= 0.6 is 23.2 Å². The first-order chi connectivity index (χ1) is 15.1. The largest absolute Gasteiger partial charge is 0.322 e. The second-order valence-corrected chi connectivity index (χ2v) is 9.38. The Hall–Kier alpha value is -2.59. The van der Waals surface area contributed by atoms with Gasteiger partial charge in [-0.2, -0.15) is 4.31 Å². The fraction of sp³-hybridized carbons (Fsp3) is 0.0952. The first kappa shape index (κ1) is 24.1. The Morgan fingerprint density at radius 3 is 2.25 bits per heavy atom. The summed E-state index contributed by atoms with van der Waals surface area (Å²) in [6.45, 7) is -1.37. The summed E-state index contributed by atoms with van der Waals surface area (Å²) in [5.74, 6) is -3.58. The average Bonchev–Trinajstić information content (AvgIpc) is 2.72. The van der Waals surface area contributed by atoms with Crippen molar-refractivity contribution in [3.8, 4) is 0 Å². The Labute approximate surface area is 192 Å². The molecule has 0 atom stereocenters. The molecule has 5 nitrogen and oxygen atoms in total. The first-order valence-corrected chi connectivity index (χ1v) is 11.2. The van der Waals surface area contributed by atoms with Gasteiger partial charge < -0.3 is 5.32 Å². The van der Waals surface area contributed by atoms with E-state index in [2.05, 4.69) is 5.32 Å². The molecule has 0 bridgehead atoms. The second-order valence-electron chi connectivity index (χ2n) is 6.60. The molecule has 0 fully saturated rings. The van der Waals surface area contributed by atoms with Gasteiger partial charge in [-0.05, 0) is 48.5 Å². The number of hydrogen-bond acceptors (Lipinski definition) is 3. The molecule has 0 radical (unpaired) electrons. The van der Waals surface area contributed by atoms with Crippen LogP contribution in [0.2, 0.25) is 10.0 Å². The third-order valence-corrected chi connectivity index (χ3v) is 6.78. The number of anilines is 1. The SMILES string of the molecule is O=C(CN(Cc1c(F)cccc1Cl)S(=O)(=O)c1ccc(Cl)cc1)Nc1ccc(F)cc1F. The van der Waals surface area contributed by atoms with E-state index in [-0.39, 0.29) is 26.2 Å². The molecule has 3 aromatic rings. The van der Waals surface area contributed by atoms with Crippen molar-refractivity contribution in [3.63, 3.8) is 0 Å². The lowest BCUT2D eigenvalue weighted by atomic mass is 10.2. The average molecular weight is 503 g/mol. The second kappa shape index (κ2) is 9.91. The number of nitrogens with zero attached hydrogens (tertiary/aromatic N) is 1. The summed E-state index contributed by atoms with van der Waals surface area (Å²) in [6, 6.07) is 11.5. The molecule has 0 saturated carbocycles. The van der Waals surface area contributed by atoms with E-state index >= 15 is 0 Å². The van der Waals surface area contributed by atoms with Crippen molar-refractivity contribution in [2.24, 2.45) is 0 Å². The third kappa shape index (κ3) is 5.60. The van der Waals surface area contributed by atoms with Gasteiger partial charge in [-0.15, -0.1) is 0 Å². The molecule has 0 aliphatic rings. The van der Waals surface area contributed by atoms with Crippen LogP contribution in [0.15, 0.2) is 65.6 Å². The summed E-state index contributed by atoms with van der Waals surface area (Å²) in [5.41, 5.74) is -0.489.